The number of nitrogen functional groups attached to an aromatic ring is 1. The van der Waals surface area contributed by atoms with Crippen LogP contribution in [0.3, 0.4) is 0 Å². The molecule has 3 rings (SSSR count). The molecule has 6 N–H and O–H groups in total. The van der Waals surface area contributed by atoms with Crippen molar-refractivity contribution in [3.63, 3.8) is 0 Å². The van der Waals surface area contributed by atoms with Crippen LogP contribution in [-0.4, -0.2) is 57.4 Å². The van der Waals surface area contributed by atoms with Gasteiger partial charge in [0.25, 0.3) is 0 Å². The molecule has 0 saturated heterocycles. The maximum atomic E-state index is 12.7. The molecule has 0 aliphatic rings. The lowest BCUT2D eigenvalue weighted by molar-refractivity contribution is -0.121. The SMILES string of the molecule is CCCCNc1nc(N)c2[nH]c(=O)n(Cc3ccc(C(=O)CCC(=O)NCCCNCCCCCCCCCC(C)(C)C)cc3)c2n1. The highest BCUT2D eigenvalue weighted by Gasteiger charge is 2.15. The number of nitrogens with zero attached hydrogens (tertiary/aromatic N) is 3. The van der Waals surface area contributed by atoms with Gasteiger partial charge in [0.05, 0.1) is 6.54 Å². The topological polar surface area (TPSA) is 160 Å². The van der Waals surface area contributed by atoms with Crippen molar-refractivity contribution in [3.8, 4) is 0 Å². The number of carbonyl (C=O) groups excluding carboxylic acids is 2. The number of carbonyl (C=O) groups is 2. The molecule has 3 aromatic rings. The van der Waals surface area contributed by atoms with Crippen LogP contribution in [0.2, 0.25) is 0 Å². The van der Waals surface area contributed by atoms with Crippen LogP contribution in [0.1, 0.15) is 127 Å². The summed E-state index contributed by atoms with van der Waals surface area (Å²) in [5.74, 6) is 0.388. The number of aromatic nitrogens is 4. The van der Waals surface area contributed by atoms with Gasteiger partial charge in [-0.1, -0.05) is 96.9 Å². The number of H-pyrrole nitrogens is 1. The number of anilines is 2. The predicted molar refractivity (Wildman–Crippen MR) is 192 cm³/mol. The predicted octanol–water partition coefficient (Wildman–Crippen LogP) is 6.19. The molecule has 2 heterocycles. The summed E-state index contributed by atoms with van der Waals surface area (Å²) in [5.41, 5.74) is 8.39. The molecule has 0 atom stereocenters. The number of unbranched alkanes of at least 4 members (excludes halogenated alkanes) is 7. The van der Waals surface area contributed by atoms with Gasteiger partial charge in [-0.25, -0.2) is 4.79 Å². The average molecular weight is 651 g/mol. The molecular weight excluding hydrogens is 592 g/mol. The van der Waals surface area contributed by atoms with E-state index in [0.717, 1.165) is 37.9 Å². The number of hydrogen-bond acceptors (Lipinski definition) is 8. The molecule has 2 aromatic heterocycles. The third-order valence-corrected chi connectivity index (χ3v) is 8.29. The summed E-state index contributed by atoms with van der Waals surface area (Å²) < 4.78 is 1.51. The van der Waals surface area contributed by atoms with E-state index in [1.54, 1.807) is 12.1 Å². The summed E-state index contributed by atoms with van der Waals surface area (Å²) in [6.07, 6.45) is 13.6. The maximum absolute atomic E-state index is 12.7. The Kier molecular flexibility index (Phi) is 15.9. The summed E-state index contributed by atoms with van der Waals surface area (Å²) in [6, 6.07) is 7.09. The van der Waals surface area contributed by atoms with Crippen molar-refractivity contribution >= 4 is 34.6 Å². The third kappa shape index (κ3) is 13.9. The van der Waals surface area contributed by atoms with Crippen molar-refractivity contribution in [2.24, 2.45) is 5.41 Å². The van der Waals surface area contributed by atoms with Crippen molar-refractivity contribution < 1.29 is 9.59 Å². The van der Waals surface area contributed by atoms with Gasteiger partial charge in [-0.15, -0.1) is 0 Å². The van der Waals surface area contributed by atoms with E-state index in [0.29, 0.717) is 41.2 Å². The molecule has 1 aromatic carbocycles. The van der Waals surface area contributed by atoms with Crippen LogP contribution < -0.4 is 27.4 Å². The zero-order valence-electron chi connectivity index (χ0n) is 29.2. The van der Waals surface area contributed by atoms with Crippen LogP contribution in [-0.2, 0) is 11.3 Å². The van der Waals surface area contributed by atoms with E-state index in [9.17, 15) is 14.4 Å². The molecule has 260 valence electrons. The number of benzene rings is 1. The van der Waals surface area contributed by atoms with E-state index in [4.69, 9.17) is 5.73 Å². The number of nitrogens with one attached hydrogen (secondary N) is 4. The minimum absolute atomic E-state index is 0.0918. The Morgan fingerprint density at radius 1 is 0.851 bits per heavy atom. The van der Waals surface area contributed by atoms with Gasteiger partial charge in [0.1, 0.15) is 5.52 Å². The number of rotatable bonds is 23. The van der Waals surface area contributed by atoms with Crippen molar-refractivity contribution in [2.45, 2.75) is 118 Å². The van der Waals surface area contributed by atoms with Gasteiger partial charge in [0.2, 0.25) is 11.9 Å². The van der Waals surface area contributed by atoms with E-state index in [1.807, 2.05) is 12.1 Å². The lowest BCUT2D eigenvalue weighted by Crippen LogP contribution is -2.27. The van der Waals surface area contributed by atoms with Crippen LogP contribution in [0.25, 0.3) is 11.2 Å². The first-order chi connectivity index (χ1) is 22.6. The van der Waals surface area contributed by atoms with Gasteiger partial charge < -0.3 is 26.7 Å². The molecule has 0 saturated carbocycles. The first-order valence-corrected chi connectivity index (χ1v) is 17.7. The zero-order chi connectivity index (χ0) is 34.1. The van der Waals surface area contributed by atoms with E-state index in [-0.39, 0.29) is 42.6 Å². The lowest BCUT2D eigenvalue weighted by Gasteiger charge is -2.17. The lowest BCUT2D eigenvalue weighted by atomic mass is 9.89. The third-order valence-electron chi connectivity index (χ3n) is 8.29. The van der Waals surface area contributed by atoms with Crippen LogP contribution >= 0.6 is 0 Å². The Bertz CT molecular complexity index is 1440. The van der Waals surface area contributed by atoms with E-state index in [1.165, 1.54) is 55.9 Å². The van der Waals surface area contributed by atoms with Gasteiger partial charge in [-0.2, -0.15) is 9.97 Å². The molecule has 0 bridgehead atoms. The molecule has 1 amide bonds. The van der Waals surface area contributed by atoms with Crippen molar-refractivity contribution in [1.29, 1.82) is 0 Å². The second-order valence-corrected chi connectivity index (χ2v) is 13.8. The molecule has 0 aliphatic carbocycles. The highest BCUT2D eigenvalue weighted by molar-refractivity contribution is 5.98. The fourth-order valence-corrected chi connectivity index (χ4v) is 5.45. The molecule has 0 radical (unpaired) electrons. The Morgan fingerprint density at radius 2 is 1.53 bits per heavy atom. The highest BCUT2D eigenvalue weighted by atomic mass is 16.2. The second-order valence-electron chi connectivity index (χ2n) is 13.8. The minimum Gasteiger partial charge on any atom is -0.382 e. The molecule has 0 unspecified atom stereocenters. The largest absolute Gasteiger partial charge is 0.382 e. The van der Waals surface area contributed by atoms with E-state index in [2.05, 4.69) is 58.6 Å². The summed E-state index contributed by atoms with van der Waals surface area (Å²) >= 11 is 0. The number of imidazole rings is 1. The second kappa shape index (κ2) is 19.8. The van der Waals surface area contributed by atoms with E-state index >= 15 is 0 Å². The van der Waals surface area contributed by atoms with Crippen LogP contribution in [0.15, 0.2) is 29.1 Å². The Balaban J connectivity index is 1.29. The number of nitrogens with two attached hydrogens (primary N) is 1. The van der Waals surface area contributed by atoms with Crippen molar-refractivity contribution in [2.75, 3.05) is 37.2 Å². The summed E-state index contributed by atoms with van der Waals surface area (Å²) in [5, 5.41) is 9.53. The maximum Gasteiger partial charge on any atom is 0.328 e. The number of fused-ring (bicyclic) bond motifs is 1. The molecule has 11 heteroatoms. The number of ketones is 1. The Morgan fingerprint density at radius 3 is 2.23 bits per heavy atom. The zero-order valence-corrected chi connectivity index (χ0v) is 29.2. The monoisotopic (exact) mass is 650 g/mol. The molecule has 47 heavy (non-hydrogen) atoms. The molecule has 0 spiro atoms. The van der Waals surface area contributed by atoms with Crippen LogP contribution in [0, 0.1) is 5.41 Å². The minimum atomic E-state index is -0.336. The molecule has 11 nitrogen and oxygen atoms in total. The summed E-state index contributed by atoms with van der Waals surface area (Å²) in [7, 11) is 0. The first kappa shape index (κ1) is 37.7. The average Bonchev–Trinajstić information content (AvgIpc) is 3.35. The number of aromatic amines is 1. The summed E-state index contributed by atoms with van der Waals surface area (Å²) in [6.45, 7) is 12.5. The summed E-state index contributed by atoms with van der Waals surface area (Å²) in [4.78, 5) is 49.2. The Hall–Kier alpha value is -3.73. The van der Waals surface area contributed by atoms with Crippen molar-refractivity contribution in [3.05, 3.63) is 45.9 Å². The Labute approximate surface area is 280 Å². The number of amides is 1. The molecular formula is C36H58N8O3. The molecule has 0 fully saturated rings. The van der Waals surface area contributed by atoms with Gasteiger partial charge in [0.15, 0.2) is 17.2 Å². The fraction of sp³-hybridized carbons (Fsp3) is 0.639. The quantitative estimate of drug-likeness (QED) is 0.0600. The van der Waals surface area contributed by atoms with Crippen molar-refractivity contribution in [1.82, 2.24) is 30.2 Å². The number of Topliss-reactive ketones (excluding diaryl/α,β-unsaturated/α-hetero) is 1. The molecule has 0 aliphatic heterocycles. The smallest absolute Gasteiger partial charge is 0.328 e. The van der Waals surface area contributed by atoms with Crippen LogP contribution in [0.5, 0.6) is 0 Å². The van der Waals surface area contributed by atoms with E-state index < -0.39 is 0 Å². The van der Waals surface area contributed by atoms with Gasteiger partial charge in [0, 0.05) is 31.5 Å². The van der Waals surface area contributed by atoms with Gasteiger partial charge in [-0.05, 0) is 49.8 Å². The standard InChI is InChI=1S/C36H58N8O3/c1-5-6-24-40-34-42-32(37)31-33(43-34)44(35(47)41-31)26-27-15-17-28(18-16-27)29(45)19-20-30(46)39-25-14-23-38-22-13-11-9-7-8-10-12-21-36(2,3)4/h15-18,38H,5-14,19-26H2,1-4H3,(H,39,46)(H,41,47)(H3,37,40,42,43). The first-order valence-electron chi connectivity index (χ1n) is 17.7. The highest BCUT2D eigenvalue weighted by Crippen LogP contribution is 2.23. The van der Waals surface area contributed by atoms with Crippen LogP contribution in [0.4, 0.5) is 11.8 Å². The number of hydrogen-bond donors (Lipinski definition) is 5. The van der Waals surface area contributed by atoms with Gasteiger partial charge >= 0.3 is 5.69 Å². The van der Waals surface area contributed by atoms with Gasteiger partial charge in [-0.3, -0.25) is 14.2 Å². The normalized spacial score (nSPS) is 11.7. The fourth-order valence-electron chi connectivity index (χ4n) is 5.45.